The Balaban J connectivity index is 1.79. The molecule has 0 fully saturated rings. The molecule has 26 heavy (non-hydrogen) atoms. The summed E-state index contributed by atoms with van der Waals surface area (Å²) in [7, 11) is 0.169. The Morgan fingerprint density at radius 3 is 2.69 bits per heavy atom. The van der Waals surface area contributed by atoms with Crippen molar-refractivity contribution in [3.63, 3.8) is 0 Å². The highest BCUT2D eigenvalue weighted by Crippen LogP contribution is 2.35. The van der Waals surface area contributed by atoms with E-state index in [2.05, 4.69) is 9.82 Å². The molecule has 0 radical (unpaired) electrons. The van der Waals surface area contributed by atoms with Crippen LogP contribution in [0.5, 0.6) is 11.5 Å². The van der Waals surface area contributed by atoms with E-state index in [1.165, 1.54) is 0 Å². The van der Waals surface area contributed by atoms with Crippen LogP contribution in [0, 0.1) is 6.92 Å². The highest BCUT2D eigenvalue weighted by atomic mass is 32.2. The van der Waals surface area contributed by atoms with Crippen LogP contribution < -0.4 is 14.2 Å². The Morgan fingerprint density at radius 2 is 2.04 bits per heavy atom. The van der Waals surface area contributed by atoms with Gasteiger partial charge in [-0.3, -0.25) is 4.68 Å². The first-order chi connectivity index (χ1) is 12.3. The number of aryl methyl sites for hydroxylation is 2. The van der Waals surface area contributed by atoms with Gasteiger partial charge >= 0.3 is 0 Å². The molecule has 0 saturated heterocycles. The number of nitrogens with one attached hydrogen (secondary N) is 1. The lowest BCUT2D eigenvalue weighted by Crippen LogP contribution is -2.34. The predicted molar refractivity (Wildman–Crippen MR) is 96.8 cm³/mol. The summed E-state index contributed by atoms with van der Waals surface area (Å²) in [5.41, 5.74) is 1.44. The van der Waals surface area contributed by atoms with Crippen molar-refractivity contribution in [3.05, 3.63) is 35.7 Å². The van der Waals surface area contributed by atoms with Gasteiger partial charge in [0, 0.05) is 25.3 Å². The molecule has 142 valence electrons. The van der Waals surface area contributed by atoms with Crippen LogP contribution >= 0.6 is 0 Å². The summed E-state index contributed by atoms with van der Waals surface area (Å²) in [4.78, 5) is 2.17. The van der Waals surface area contributed by atoms with Crippen molar-refractivity contribution < 1.29 is 17.9 Å². The number of benzene rings is 1. The normalized spacial score (nSPS) is 14.8. The molecule has 1 aromatic carbocycles. The average molecular weight is 380 g/mol. The number of hydrogen-bond acceptors (Lipinski definition) is 6. The van der Waals surface area contributed by atoms with Crippen molar-refractivity contribution in [1.29, 1.82) is 0 Å². The van der Waals surface area contributed by atoms with E-state index >= 15 is 0 Å². The number of nitrogens with zero attached hydrogens (tertiary/aromatic N) is 3. The van der Waals surface area contributed by atoms with Gasteiger partial charge in [-0.05, 0) is 45.6 Å². The molecule has 0 aliphatic carbocycles. The second-order valence-electron chi connectivity index (χ2n) is 6.38. The summed E-state index contributed by atoms with van der Waals surface area (Å²) >= 11 is 0. The number of sulfonamides is 1. The monoisotopic (exact) mass is 380 g/mol. The zero-order valence-electron chi connectivity index (χ0n) is 15.4. The number of hydrogen-bond donors (Lipinski definition) is 1. The summed E-state index contributed by atoms with van der Waals surface area (Å²) in [6, 6.07) is 5.51. The lowest BCUT2D eigenvalue weighted by Gasteiger charge is -2.25. The zero-order chi connectivity index (χ0) is 18.9. The fraction of sp³-hybridized carbons (Fsp3) is 0.471. The molecule has 1 N–H and O–H groups in total. The van der Waals surface area contributed by atoms with Gasteiger partial charge in [-0.1, -0.05) is 6.07 Å². The molecule has 0 unspecified atom stereocenters. The van der Waals surface area contributed by atoms with Gasteiger partial charge in [-0.25, -0.2) is 13.1 Å². The van der Waals surface area contributed by atoms with Crippen LogP contribution in [0.3, 0.4) is 0 Å². The molecule has 1 aliphatic rings. The number of likely N-dealkylation sites (N-methyl/N-ethyl adjacent to an activating group) is 1. The second kappa shape index (κ2) is 7.26. The fourth-order valence-corrected chi connectivity index (χ4v) is 4.13. The van der Waals surface area contributed by atoms with Gasteiger partial charge in [0.2, 0.25) is 16.8 Å². The molecule has 1 atom stereocenters. The number of fused-ring (bicyclic) bond motifs is 1. The molecule has 2 aromatic rings. The van der Waals surface area contributed by atoms with E-state index < -0.39 is 10.0 Å². The second-order valence-corrected chi connectivity index (χ2v) is 8.11. The van der Waals surface area contributed by atoms with Crippen molar-refractivity contribution in [2.45, 2.75) is 31.3 Å². The van der Waals surface area contributed by atoms with Gasteiger partial charge < -0.3 is 14.4 Å². The van der Waals surface area contributed by atoms with E-state index in [-0.39, 0.29) is 24.3 Å². The third kappa shape index (κ3) is 3.69. The van der Waals surface area contributed by atoms with Crippen molar-refractivity contribution in [3.8, 4) is 11.5 Å². The summed E-state index contributed by atoms with van der Waals surface area (Å²) in [6.07, 6.45) is 1.56. The largest absolute Gasteiger partial charge is 0.454 e. The molecule has 2 heterocycles. The average Bonchev–Trinajstić information content (AvgIpc) is 3.20. The van der Waals surface area contributed by atoms with E-state index in [4.69, 9.17) is 9.47 Å². The SMILES string of the molecule is CCn1cc(S(=O)(=O)NC[C@@H](c2ccc3c(c2)OCO3)N(C)C)c(C)n1. The van der Waals surface area contributed by atoms with Crippen molar-refractivity contribution in [2.24, 2.45) is 0 Å². The predicted octanol–water partition coefficient (Wildman–Crippen LogP) is 1.52. The van der Waals surface area contributed by atoms with Crippen molar-refractivity contribution in [1.82, 2.24) is 19.4 Å². The van der Waals surface area contributed by atoms with E-state index in [9.17, 15) is 8.42 Å². The lowest BCUT2D eigenvalue weighted by molar-refractivity contribution is 0.174. The molecule has 8 nitrogen and oxygen atoms in total. The Hall–Kier alpha value is -2.10. The first-order valence-corrected chi connectivity index (χ1v) is 9.90. The molecule has 0 amide bonds. The number of rotatable bonds is 7. The van der Waals surface area contributed by atoms with E-state index in [1.54, 1.807) is 17.8 Å². The summed E-state index contributed by atoms with van der Waals surface area (Å²) in [5.74, 6) is 1.38. The van der Waals surface area contributed by atoms with Crippen LogP contribution in [0.15, 0.2) is 29.3 Å². The Kier molecular flexibility index (Phi) is 5.22. The topological polar surface area (TPSA) is 85.7 Å². The highest BCUT2D eigenvalue weighted by molar-refractivity contribution is 7.89. The molecule has 0 saturated carbocycles. The third-order valence-electron chi connectivity index (χ3n) is 4.39. The minimum atomic E-state index is -3.64. The van der Waals surface area contributed by atoms with Gasteiger partial charge in [0.05, 0.1) is 5.69 Å². The van der Waals surface area contributed by atoms with Gasteiger partial charge in [0.15, 0.2) is 11.5 Å². The zero-order valence-corrected chi connectivity index (χ0v) is 16.2. The molecule has 0 bridgehead atoms. The third-order valence-corrected chi connectivity index (χ3v) is 5.91. The number of ether oxygens (including phenoxy) is 2. The standard InChI is InChI=1S/C17H24N4O4S/c1-5-21-10-17(12(2)19-21)26(22,23)18-9-14(20(3)4)13-6-7-15-16(8-13)25-11-24-15/h6-8,10,14,18H,5,9,11H2,1-4H3/t14-/m0/s1. The Labute approximate surface area is 153 Å². The molecule has 3 rings (SSSR count). The van der Waals surface area contributed by atoms with Gasteiger partial charge in [0.1, 0.15) is 4.90 Å². The van der Waals surface area contributed by atoms with Crippen molar-refractivity contribution in [2.75, 3.05) is 27.4 Å². The Bertz CT molecular complexity index is 892. The maximum atomic E-state index is 12.7. The summed E-state index contributed by atoms with van der Waals surface area (Å²) in [5, 5.41) is 4.21. The van der Waals surface area contributed by atoms with E-state index in [1.807, 2.05) is 44.1 Å². The molecule has 1 aliphatic heterocycles. The minimum Gasteiger partial charge on any atom is -0.454 e. The maximum absolute atomic E-state index is 12.7. The van der Waals surface area contributed by atoms with Crippen molar-refractivity contribution >= 4 is 10.0 Å². The lowest BCUT2D eigenvalue weighted by atomic mass is 10.1. The minimum absolute atomic E-state index is 0.152. The van der Waals surface area contributed by atoms with Crippen LogP contribution in [0.1, 0.15) is 24.2 Å². The van der Waals surface area contributed by atoms with Gasteiger partial charge in [-0.15, -0.1) is 0 Å². The molecule has 1 aromatic heterocycles. The van der Waals surface area contributed by atoms with Crippen LogP contribution in [0.2, 0.25) is 0 Å². The number of aromatic nitrogens is 2. The first kappa shape index (κ1) is 18.7. The molecule has 0 spiro atoms. The van der Waals surface area contributed by atoms with E-state index in [0.29, 0.717) is 23.7 Å². The molecule has 9 heteroatoms. The molecular weight excluding hydrogens is 356 g/mol. The van der Waals surface area contributed by atoms with Crippen LogP contribution in [-0.4, -0.2) is 50.5 Å². The molecular formula is C17H24N4O4S. The van der Waals surface area contributed by atoms with E-state index in [0.717, 1.165) is 5.56 Å². The smallest absolute Gasteiger partial charge is 0.244 e. The first-order valence-electron chi connectivity index (χ1n) is 8.41. The van der Waals surface area contributed by atoms with Crippen LogP contribution in [0.4, 0.5) is 0 Å². The van der Waals surface area contributed by atoms with Gasteiger partial charge in [0.25, 0.3) is 0 Å². The summed E-state index contributed by atoms with van der Waals surface area (Å²) in [6.45, 7) is 4.66. The summed E-state index contributed by atoms with van der Waals surface area (Å²) < 4.78 is 40.5. The quantitative estimate of drug-likeness (QED) is 0.784. The fourth-order valence-electron chi connectivity index (χ4n) is 2.91. The van der Waals surface area contributed by atoms with Crippen LogP contribution in [-0.2, 0) is 16.6 Å². The van der Waals surface area contributed by atoms with Crippen LogP contribution in [0.25, 0.3) is 0 Å². The maximum Gasteiger partial charge on any atom is 0.244 e. The van der Waals surface area contributed by atoms with Gasteiger partial charge in [-0.2, -0.15) is 5.10 Å². The Morgan fingerprint density at radius 1 is 1.31 bits per heavy atom. The highest BCUT2D eigenvalue weighted by Gasteiger charge is 2.24.